The van der Waals surface area contributed by atoms with Crippen LogP contribution in [0.2, 0.25) is 0 Å². The van der Waals surface area contributed by atoms with E-state index in [-0.39, 0.29) is 18.5 Å². The molecule has 2 heterocycles. The number of β-amino-alcohol motifs (C(OH)–C–C–N with tert-alkyl or cyclic N) is 1. The number of rotatable bonds is 2. The molecule has 0 aromatic heterocycles. The molecule has 1 saturated heterocycles. The third-order valence-electron chi connectivity index (χ3n) is 4.10. The number of nitrogens with zero attached hydrogens (tertiary/aromatic N) is 1. The Kier molecular flexibility index (Phi) is 5.08. The minimum Gasteiger partial charge on any atom is -0.391 e. The summed E-state index contributed by atoms with van der Waals surface area (Å²) in [7, 11) is 0. The fraction of sp³-hybridized carbons (Fsp3) is 0.600. The molecule has 2 aliphatic rings. The molecule has 0 saturated carbocycles. The van der Waals surface area contributed by atoms with E-state index in [1.165, 1.54) is 24.1 Å². The van der Waals surface area contributed by atoms with Crippen molar-refractivity contribution in [1.82, 2.24) is 5.32 Å². The Morgan fingerprint density at radius 2 is 2.16 bits per heavy atom. The molecule has 19 heavy (non-hydrogen) atoms. The van der Waals surface area contributed by atoms with Crippen LogP contribution in [0.15, 0.2) is 24.3 Å². The summed E-state index contributed by atoms with van der Waals surface area (Å²) in [4.78, 5) is 2.38. The molecule has 0 amide bonds. The largest absolute Gasteiger partial charge is 0.391 e. The van der Waals surface area contributed by atoms with Crippen LogP contribution < -0.4 is 10.2 Å². The summed E-state index contributed by atoms with van der Waals surface area (Å²) in [6, 6.07) is 8.50. The number of halogens is 1. The Morgan fingerprint density at radius 1 is 1.32 bits per heavy atom. The van der Waals surface area contributed by atoms with Crippen molar-refractivity contribution < 1.29 is 5.11 Å². The van der Waals surface area contributed by atoms with Crippen molar-refractivity contribution >= 4 is 18.1 Å². The lowest BCUT2D eigenvalue weighted by molar-refractivity contribution is 0.172. The van der Waals surface area contributed by atoms with Gasteiger partial charge in [-0.05, 0) is 43.5 Å². The highest BCUT2D eigenvalue weighted by molar-refractivity contribution is 5.85. The second-order valence-electron chi connectivity index (χ2n) is 5.60. The van der Waals surface area contributed by atoms with Crippen molar-refractivity contribution in [1.29, 1.82) is 0 Å². The molecule has 106 valence electrons. The van der Waals surface area contributed by atoms with Crippen molar-refractivity contribution in [2.24, 2.45) is 5.92 Å². The molecular weight excluding hydrogens is 260 g/mol. The average Bonchev–Trinajstić information content (AvgIpc) is 2.40. The molecule has 2 aliphatic heterocycles. The topological polar surface area (TPSA) is 35.5 Å². The molecule has 2 N–H and O–H groups in total. The summed E-state index contributed by atoms with van der Waals surface area (Å²) in [6.45, 7) is 4.14. The zero-order chi connectivity index (χ0) is 12.4. The molecule has 0 radical (unpaired) electrons. The van der Waals surface area contributed by atoms with Crippen LogP contribution in [0, 0.1) is 5.92 Å². The summed E-state index contributed by atoms with van der Waals surface area (Å²) in [5, 5.41) is 13.5. The lowest BCUT2D eigenvalue weighted by Gasteiger charge is -2.37. The Labute approximate surface area is 121 Å². The predicted octanol–water partition coefficient (Wildman–Crippen LogP) is 1.83. The average molecular weight is 283 g/mol. The number of nitrogens with one attached hydrogen (secondary N) is 1. The molecule has 1 fully saturated rings. The molecule has 0 spiro atoms. The van der Waals surface area contributed by atoms with Crippen LogP contribution in [-0.4, -0.2) is 37.4 Å². The van der Waals surface area contributed by atoms with E-state index in [4.69, 9.17) is 0 Å². The van der Waals surface area contributed by atoms with E-state index in [0.717, 1.165) is 38.5 Å². The number of para-hydroxylation sites is 1. The van der Waals surface area contributed by atoms with E-state index in [0.29, 0.717) is 0 Å². The summed E-state index contributed by atoms with van der Waals surface area (Å²) >= 11 is 0. The predicted molar refractivity (Wildman–Crippen MR) is 81.2 cm³/mol. The van der Waals surface area contributed by atoms with E-state index < -0.39 is 0 Å². The highest BCUT2D eigenvalue weighted by atomic mass is 35.5. The summed E-state index contributed by atoms with van der Waals surface area (Å²) in [5.74, 6) is 0.720. The normalized spacial score (nSPS) is 26.5. The molecule has 1 aromatic carbocycles. The molecule has 3 rings (SSSR count). The molecule has 2 atom stereocenters. The van der Waals surface area contributed by atoms with Gasteiger partial charge < -0.3 is 15.3 Å². The second kappa shape index (κ2) is 6.60. The Balaban J connectivity index is 0.00000133. The van der Waals surface area contributed by atoms with Crippen LogP contribution >= 0.6 is 12.4 Å². The first-order chi connectivity index (χ1) is 8.83. The molecule has 0 aliphatic carbocycles. The van der Waals surface area contributed by atoms with Gasteiger partial charge in [0.25, 0.3) is 0 Å². The highest BCUT2D eigenvalue weighted by Gasteiger charge is 2.25. The number of benzene rings is 1. The van der Waals surface area contributed by atoms with Gasteiger partial charge in [0.2, 0.25) is 0 Å². The maximum Gasteiger partial charge on any atom is 0.0756 e. The zero-order valence-corrected chi connectivity index (χ0v) is 12.0. The van der Waals surface area contributed by atoms with E-state index in [1.807, 2.05) is 0 Å². The number of fused-ring (bicyclic) bond motifs is 1. The SMILES string of the molecule is Cl.OC1Cc2ccccc2N(CC2CCCNC2)C1. The minimum absolute atomic E-state index is 0. The van der Waals surface area contributed by atoms with Gasteiger partial charge in [-0.2, -0.15) is 0 Å². The fourth-order valence-corrected chi connectivity index (χ4v) is 3.23. The maximum atomic E-state index is 10.00. The van der Waals surface area contributed by atoms with Crippen LogP contribution in [0.3, 0.4) is 0 Å². The molecular formula is C15H23ClN2O. The van der Waals surface area contributed by atoms with Crippen LogP contribution in [0.5, 0.6) is 0 Å². The Bertz CT molecular complexity index is 407. The summed E-state index contributed by atoms with van der Waals surface area (Å²) < 4.78 is 0. The van der Waals surface area contributed by atoms with E-state index in [1.54, 1.807) is 0 Å². The van der Waals surface area contributed by atoms with Gasteiger partial charge in [0.15, 0.2) is 0 Å². The Hall–Kier alpha value is -0.770. The zero-order valence-electron chi connectivity index (χ0n) is 11.2. The first-order valence-electron chi connectivity index (χ1n) is 7.04. The first kappa shape index (κ1) is 14.6. The quantitative estimate of drug-likeness (QED) is 0.869. The van der Waals surface area contributed by atoms with Crippen molar-refractivity contribution in [3.63, 3.8) is 0 Å². The van der Waals surface area contributed by atoms with Gasteiger partial charge in [0.1, 0.15) is 0 Å². The summed E-state index contributed by atoms with van der Waals surface area (Å²) in [6.07, 6.45) is 3.18. The van der Waals surface area contributed by atoms with Crippen molar-refractivity contribution in [3.05, 3.63) is 29.8 Å². The van der Waals surface area contributed by atoms with Crippen molar-refractivity contribution in [3.8, 4) is 0 Å². The maximum absolute atomic E-state index is 10.00. The molecule has 0 bridgehead atoms. The molecule has 2 unspecified atom stereocenters. The van der Waals surface area contributed by atoms with Gasteiger partial charge in [0, 0.05) is 25.2 Å². The molecule has 4 heteroatoms. The Morgan fingerprint density at radius 3 is 2.95 bits per heavy atom. The van der Waals surface area contributed by atoms with Gasteiger partial charge in [-0.25, -0.2) is 0 Å². The van der Waals surface area contributed by atoms with Crippen molar-refractivity contribution in [2.75, 3.05) is 31.1 Å². The third-order valence-corrected chi connectivity index (χ3v) is 4.10. The number of hydrogen-bond donors (Lipinski definition) is 2. The van der Waals surface area contributed by atoms with Gasteiger partial charge in [0.05, 0.1) is 6.10 Å². The fourth-order valence-electron chi connectivity index (χ4n) is 3.23. The van der Waals surface area contributed by atoms with Gasteiger partial charge in [-0.3, -0.25) is 0 Å². The minimum atomic E-state index is -0.212. The highest BCUT2D eigenvalue weighted by Crippen LogP contribution is 2.28. The monoisotopic (exact) mass is 282 g/mol. The van der Waals surface area contributed by atoms with E-state index >= 15 is 0 Å². The van der Waals surface area contributed by atoms with E-state index in [9.17, 15) is 5.11 Å². The molecule has 3 nitrogen and oxygen atoms in total. The second-order valence-corrected chi connectivity index (χ2v) is 5.60. The summed E-state index contributed by atoms with van der Waals surface area (Å²) in [5.41, 5.74) is 2.62. The van der Waals surface area contributed by atoms with E-state index in [2.05, 4.69) is 34.5 Å². The van der Waals surface area contributed by atoms with Gasteiger partial charge in [-0.1, -0.05) is 18.2 Å². The standard InChI is InChI=1S/C15H22N2O.ClH/c18-14-8-13-5-1-2-6-15(13)17(11-14)10-12-4-3-7-16-9-12;/h1-2,5-6,12,14,16,18H,3-4,7-11H2;1H. The van der Waals surface area contributed by atoms with Gasteiger partial charge >= 0.3 is 0 Å². The third kappa shape index (κ3) is 3.41. The van der Waals surface area contributed by atoms with Gasteiger partial charge in [-0.15, -0.1) is 12.4 Å². The number of aliphatic hydroxyl groups is 1. The van der Waals surface area contributed by atoms with Crippen LogP contribution in [0.25, 0.3) is 0 Å². The molecule has 1 aromatic rings. The van der Waals surface area contributed by atoms with Crippen molar-refractivity contribution in [2.45, 2.75) is 25.4 Å². The van der Waals surface area contributed by atoms with Crippen LogP contribution in [-0.2, 0) is 6.42 Å². The van der Waals surface area contributed by atoms with Crippen LogP contribution in [0.1, 0.15) is 18.4 Å². The number of piperidine rings is 1. The number of aliphatic hydroxyl groups excluding tert-OH is 1. The van der Waals surface area contributed by atoms with Crippen LogP contribution in [0.4, 0.5) is 5.69 Å². The lowest BCUT2D eigenvalue weighted by atomic mass is 9.95. The number of hydrogen-bond acceptors (Lipinski definition) is 3. The first-order valence-corrected chi connectivity index (χ1v) is 7.04. The smallest absolute Gasteiger partial charge is 0.0756 e. The number of anilines is 1. The lowest BCUT2D eigenvalue weighted by Crippen LogP contribution is -2.44.